The van der Waals surface area contributed by atoms with E-state index in [0.717, 1.165) is 25.9 Å². The van der Waals surface area contributed by atoms with E-state index in [1.807, 2.05) is 0 Å². The molecular weight excluding hydrogens is 332 g/mol. The number of benzene rings is 1. The van der Waals surface area contributed by atoms with Crippen LogP contribution in [0.3, 0.4) is 0 Å². The maximum atomic E-state index is 12.2. The summed E-state index contributed by atoms with van der Waals surface area (Å²) in [6, 6.07) is 5.50. The molecule has 1 saturated heterocycles. The molecule has 7 nitrogen and oxygen atoms in total. The Morgan fingerprint density at radius 2 is 1.79 bits per heavy atom. The Kier molecular flexibility index (Phi) is 6.33. The average molecular weight is 354 g/mol. The molecule has 2 rings (SSSR count). The molecule has 1 N–H and O–H groups in total. The third-order valence-electron chi connectivity index (χ3n) is 3.77. The van der Waals surface area contributed by atoms with Gasteiger partial charge in [0.25, 0.3) is 0 Å². The number of carbonyl (C=O) groups is 2. The van der Waals surface area contributed by atoms with E-state index < -0.39 is 16.0 Å². The van der Waals surface area contributed by atoms with Crippen LogP contribution >= 0.6 is 0 Å². The summed E-state index contributed by atoms with van der Waals surface area (Å²) in [7, 11) is -3.71. The number of rotatable bonds is 7. The van der Waals surface area contributed by atoms with Crippen molar-refractivity contribution in [2.75, 3.05) is 26.2 Å². The number of nitrogens with one attached hydrogen (secondary N) is 1. The van der Waals surface area contributed by atoms with E-state index in [2.05, 4.69) is 4.72 Å². The second kappa shape index (κ2) is 8.25. The summed E-state index contributed by atoms with van der Waals surface area (Å²) in [5, 5.41) is 0. The van der Waals surface area contributed by atoms with Gasteiger partial charge in [0.2, 0.25) is 15.9 Å². The normalized spacial score (nSPS) is 14.6. The van der Waals surface area contributed by atoms with Gasteiger partial charge in [-0.25, -0.2) is 17.9 Å². The molecule has 8 heteroatoms. The maximum Gasteiger partial charge on any atom is 0.338 e. The second-order valence-electron chi connectivity index (χ2n) is 5.48. The van der Waals surface area contributed by atoms with Crippen molar-refractivity contribution in [3.05, 3.63) is 29.8 Å². The van der Waals surface area contributed by atoms with Crippen molar-refractivity contribution in [1.29, 1.82) is 0 Å². The average Bonchev–Trinajstić information content (AvgIpc) is 3.09. The van der Waals surface area contributed by atoms with Gasteiger partial charge in [-0.3, -0.25) is 4.79 Å². The van der Waals surface area contributed by atoms with E-state index in [4.69, 9.17) is 4.74 Å². The van der Waals surface area contributed by atoms with Gasteiger partial charge in [0.15, 0.2) is 0 Å². The van der Waals surface area contributed by atoms with Crippen molar-refractivity contribution in [3.63, 3.8) is 0 Å². The summed E-state index contributed by atoms with van der Waals surface area (Å²) in [5.41, 5.74) is 0.292. The highest BCUT2D eigenvalue weighted by Crippen LogP contribution is 2.12. The van der Waals surface area contributed by atoms with Crippen LogP contribution in [0.1, 0.15) is 36.5 Å². The first kappa shape index (κ1) is 18.4. The molecule has 1 aliphatic heterocycles. The van der Waals surface area contributed by atoms with E-state index in [1.165, 1.54) is 24.3 Å². The number of carbonyl (C=O) groups excluding carboxylic acids is 2. The number of sulfonamides is 1. The van der Waals surface area contributed by atoms with Gasteiger partial charge in [-0.15, -0.1) is 0 Å². The third-order valence-corrected chi connectivity index (χ3v) is 5.24. The van der Waals surface area contributed by atoms with Gasteiger partial charge >= 0.3 is 5.97 Å². The van der Waals surface area contributed by atoms with Crippen molar-refractivity contribution < 1.29 is 22.7 Å². The van der Waals surface area contributed by atoms with Gasteiger partial charge in [-0.05, 0) is 44.0 Å². The molecular formula is C16H22N2O5S. The molecule has 1 fully saturated rings. The zero-order valence-electron chi connectivity index (χ0n) is 13.7. The Morgan fingerprint density at radius 3 is 2.38 bits per heavy atom. The molecule has 1 aromatic rings. The maximum absolute atomic E-state index is 12.2. The number of nitrogens with zero attached hydrogens (tertiary/aromatic N) is 1. The third kappa shape index (κ3) is 4.78. The minimum atomic E-state index is -3.71. The predicted octanol–water partition coefficient (Wildman–Crippen LogP) is 1.15. The first-order valence-electron chi connectivity index (χ1n) is 7.98. The largest absolute Gasteiger partial charge is 0.462 e. The number of likely N-dealkylation sites (tertiary alicyclic amines) is 1. The smallest absolute Gasteiger partial charge is 0.338 e. The number of esters is 1. The molecule has 1 heterocycles. The highest BCUT2D eigenvalue weighted by atomic mass is 32.2. The monoisotopic (exact) mass is 354 g/mol. The van der Waals surface area contributed by atoms with E-state index in [9.17, 15) is 18.0 Å². The van der Waals surface area contributed by atoms with E-state index in [-0.39, 0.29) is 30.4 Å². The lowest BCUT2D eigenvalue weighted by molar-refractivity contribution is -0.129. The van der Waals surface area contributed by atoms with Gasteiger partial charge in [0.05, 0.1) is 17.1 Å². The quantitative estimate of drug-likeness (QED) is 0.742. The molecule has 1 aromatic carbocycles. The zero-order valence-corrected chi connectivity index (χ0v) is 14.5. The van der Waals surface area contributed by atoms with Gasteiger partial charge in [-0.2, -0.15) is 0 Å². The number of hydrogen-bond acceptors (Lipinski definition) is 5. The molecule has 0 aliphatic carbocycles. The molecule has 0 saturated carbocycles. The molecule has 1 amide bonds. The lowest BCUT2D eigenvalue weighted by Crippen LogP contribution is -2.32. The molecule has 0 radical (unpaired) electrons. The van der Waals surface area contributed by atoms with E-state index in [0.29, 0.717) is 5.56 Å². The lowest BCUT2D eigenvalue weighted by Gasteiger charge is -2.15. The Bertz CT molecular complexity index is 679. The van der Waals surface area contributed by atoms with Crippen LogP contribution < -0.4 is 4.72 Å². The van der Waals surface area contributed by atoms with Crippen molar-refractivity contribution in [3.8, 4) is 0 Å². The fourth-order valence-electron chi connectivity index (χ4n) is 2.48. The van der Waals surface area contributed by atoms with E-state index in [1.54, 1.807) is 11.8 Å². The minimum absolute atomic E-state index is 0.0344. The number of ether oxygens (including phenoxy) is 1. The Balaban J connectivity index is 1.90. The molecule has 0 unspecified atom stereocenters. The number of amides is 1. The summed E-state index contributed by atoms with van der Waals surface area (Å²) in [6.45, 7) is 3.51. The fraction of sp³-hybridized carbons (Fsp3) is 0.500. The minimum Gasteiger partial charge on any atom is -0.462 e. The fourth-order valence-corrected chi connectivity index (χ4v) is 3.52. The Labute approximate surface area is 142 Å². The molecule has 0 spiro atoms. The highest BCUT2D eigenvalue weighted by Gasteiger charge is 2.19. The molecule has 132 valence electrons. The molecule has 0 atom stereocenters. The molecule has 24 heavy (non-hydrogen) atoms. The van der Waals surface area contributed by atoms with E-state index >= 15 is 0 Å². The highest BCUT2D eigenvalue weighted by molar-refractivity contribution is 7.89. The van der Waals surface area contributed by atoms with Gasteiger partial charge < -0.3 is 9.64 Å². The second-order valence-corrected chi connectivity index (χ2v) is 7.25. The standard InChI is InChI=1S/C16H22N2O5S/c1-2-23-16(20)13-5-7-14(8-6-13)24(21,22)17-10-9-15(19)18-11-3-4-12-18/h5-8,17H,2-4,9-12H2,1H3. The zero-order chi connectivity index (χ0) is 17.6. The SMILES string of the molecule is CCOC(=O)c1ccc(S(=O)(=O)NCCC(=O)N2CCCC2)cc1. The first-order valence-corrected chi connectivity index (χ1v) is 9.47. The number of hydrogen-bond donors (Lipinski definition) is 1. The van der Waals surface area contributed by atoms with Crippen molar-refractivity contribution in [2.45, 2.75) is 31.1 Å². The van der Waals surface area contributed by atoms with Crippen LogP contribution in [-0.4, -0.2) is 51.4 Å². The Morgan fingerprint density at radius 1 is 1.17 bits per heavy atom. The van der Waals surface area contributed by atoms with Crippen LogP contribution in [0.2, 0.25) is 0 Å². The van der Waals surface area contributed by atoms with Gasteiger partial charge in [0.1, 0.15) is 0 Å². The summed E-state index contributed by atoms with van der Waals surface area (Å²) < 4.78 is 31.6. The Hall–Kier alpha value is -1.93. The van der Waals surface area contributed by atoms with Crippen LogP contribution in [0.15, 0.2) is 29.2 Å². The van der Waals surface area contributed by atoms with Crippen LogP contribution in [0.5, 0.6) is 0 Å². The molecule has 1 aliphatic rings. The van der Waals surface area contributed by atoms with Gasteiger partial charge in [0, 0.05) is 26.1 Å². The molecule has 0 bridgehead atoms. The van der Waals surface area contributed by atoms with Gasteiger partial charge in [-0.1, -0.05) is 0 Å². The van der Waals surface area contributed by atoms with Crippen molar-refractivity contribution >= 4 is 21.9 Å². The summed E-state index contributed by atoms with van der Waals surface area (Å²) in [4.78, 5) is 25.2. The lowest BCUT2D eigenvalue weighted by atomic mass is 10.2. The summed E-state index contributed by atoms with van der Waals surface area (Å²) >= 11 is 0. The first-order chi connectivity index (χ1) is 11.4. The van der Waals surface area contributed by atoms with Crippen LogP contribution in [-0.2, 0) is 19.6 Å². The summed E-state index contributed by atoms with van der Waals surface area (Å²) in [5.74, 6) is -0.529. The van der Waals surface area contributed by atoms with Crippen LogP contribution in [0.4, 0.5) is 0 Å². The van der Waals surface area contributed by atoms with Crippen molar-refractivity contribution in [2.24, 2.45) is 0 Å². The van der Waals surface area contributed by atoms with Crippen LogP contribution in [0, 0.1) is 0 Å². The van der Waals surface area contributed by atoms with Crippen molar-refractivity contribution in [1.82, 2.24) is 9.62 Å². The predicted molar refractivity (Wildman–Crippen MR) is 88.0 cm³/mol. The van der Waals surface area contributed by atoms with Crippen LogP contribution in [0.25, 0.3) is 0 Å². The molecule has 0 aromatic heterocycles. The topological polar surface area (TPSA) is 92.8 Å². The summed E-state index contributed by atoms with van der Waals surface area (Å²) in [6.07, 6.45) is 2.15.